The molecule has 0 saturated carbocycles. The van der Waals surface area contributed by atoms with E-state index in [0.717, 1.165) is 5.69 Å². The Hall–Kier alpha value is -2.70. The third-order valence-corrected chi connectivity index (χ3v) is 4.09. The van der Waals surface area contributed by atoms with Crippen LogP contribution in [0.1, 0.15) is 12.6 Å². The zero-order valence-electron chi connectivity index (χ0n) is 14.2. The second-order valence-electron chi connectivity index (χ2n) is 5.81. The number of amides is 1. The number of carbonyl (C=O) groups is 1. The molecule has 25 heavy (non-hydrogen) atoms. The second kappa shape index (κ2) is 7.92. The summed E-state index contributed by atoms with van der Waals surface area (Å²) in [5.74, 6) is 0.227. The first-order valence-corrected chi connectivity index (χ1v) is 8.37. The topological polar surface area (TPSA) is 58.6 Å². The number of nitrogens with zero attached hydrogens (tertiary/aromatic N) is 4. The van der Waals surface area contributed by atoms with Gasteiger partial charge in [0.2, 0.25) is 11.8 Å². The highest BCUT2D eigenvalue weighted by Crippen LogP contribution is 2.17. The van der Waals surface area contributed by atoms with Gasteiger partial charge in [-0.1, -0.05) is 6.07 Å². The van der Waals surface area contributed by atoms with E-state index in [1.807, 2.05) is 28.9 Å². The van der Waals surface area contributed by atoms with Gasteiger partial charge in [-0.2, -0.15) is 0 Å². The van der Waals surface area contributed by atoms with E-state index < -0.39 is 0 Å². The SMILES string of the molecule is CCOc1cccc(CC(=O)N2CCN(c3cncc(F)c3)CC2)n1. The Morgan fingerprint density at radius 1 is 1.24 bits per heavy atom. The van der Waals surface area contributed by atoms with E-state index in [9.17, 15) is 9.18 Å². The predicted octanol–water partition coefficient (Wildman–Crippen LogP) is 1.91. The van der Waals surface area contributed by atoms with E-state index in [1.54, 1.807) is 12.3 Å². The molecule has 1 saturated heterocycles. The number of pyridine rings is 2. The van der Waals surface area contributed by atoms with Gasteiger partial charge in [-0.3, -0.25) is 9.78 Å². The molecule has 0 radical (unpaired) electrons. The maximum atomic E-state index is 13.3. The van der Waals surface area contributed by atoms with Gasteiger partial charge in [0.25, 0.3) is 0 Å². The van der Waals surface area contributed by atoms with Crippen molar-refractivity contribution < 1.29 is 13.9 Å². The van der Waals surface area contributed by atoms with E-state index in [4.69, 9.17) is 4.74 Å². The summed E-state index contributed by atoms with van der Waals surface area (Å²) in [6.07, 6.45) is 3.08. The lowest BCUT2D eigenvalue weighted by atomic mass is 10.2. The van der Waals surface area contributed by atoms with Crippen LogP contribution in [0, 0.1) is 5.82 Å². The number of hydrogen-bond acceptors (Lipinski definition) is 5. The van der Waals surface area contributed by atoms with Crippen LogP contribution in [0.2, 0.25) is 0 Å². The summed E-state index contributed by atoms with van der Waals surface area (Å²) in [6, 6.07) is 6.92. The van der Waals surface area contributed by atoms with Crippen molar-refractivity contribution in [3.63, 3.8) is 0 Å². The van der Waals surface area contributed by atoms with Crippen molar-refractivity contribution in [2.75, 3.05) is 37.7 Å². The molecule has 1 aliphatic rings. The molecule has 1 aliphatic heterocycles. The fourth-order valence-electron chi connectivity index (χ4n) is 2.84. The summed E-state index contributed by atoms with van der Waals surface area (Å²) < 4.78 is 18.7. The summed E-state index contributed by atoms with van der Waals surface area (Å²) in [7, 11) is 0. The molecule has 0 bridgehead atoms. The molecule has 0 N–H and O–H groups in total. The standard InChI is InChI=1S/C18H21FN4O2/c1-2-25-17-5-3-4-15(21-17)11-18(24)23-8-6-22(7-9-23)16-10-14(19)12-20-13-16/h3-5,10,12-13H,2,6-9,11H2,1H3. The van der Waals surface area contributed by atoms with Crippen molar-refractivity contribution in [2.45, 2.75) is 13.3 Å². The molecule has 0 spiro atoms. The normalized spacial score (nSPS) is 14.5. The fraction of sp³-hybridized carbons (Fsp3) is 0.389. The van der Waals surface area contributed by atoms with Crippen molar-refractivity contribution in [3.05, 3.63) is 48.2 Å². The van der Waals surface area contributed by atoms with Gasteiger partial charge in [0, 0.05) is 38.3 Å². The molecule has 0 aromatic carbocycles. The summed E-state index contributed by atoms with van der Waals surface area (Å²) in [5.41, 5.74) is 1.45. The Morgan fingerprint density at radius 2 is 2.04 bits per heavy atom. The number of ether oxygens (including phenoxy) is 1. The molecule has 0 aliphatic carbocycles. The first-order valence-electron chi connectivity index (χ1n) is 8.37. The van der Waals surface area contributed by atoms with Crippen molar-refractivity contribution >= 4 is 11.6 Å². The van der Waals surface area contributed by atoms with Gasteiger partial charge in [-0.25, -0.2) is 9.37 Å². The Labute approximate surface area is 146 Å². The minimum absolute atomic E-state index is 0.0400. The zero-order chi connectivity index (χ0) is 17.6. The van der Waals surface area contributed by atoms with Gasteiger partial charge < -0.3 is 14.5 Å². The minimum atomic E-state index is -0.351. The lowest BCUT2D eigenvalue weighted by molar-refractivity contribution is -0.130. The van der Waals surface area contributed by atoms with Crippen LogP contribution in [0.4, 0.5) is 10.1 Å². The average molecular weight is 344 g/mol. The summed E-state index contributed by atoms with van der Waals surface area (Å²) in [5, 5.41) is 0. The smallest absolute Gasteiger partial charge is 0.228 e. The van der Waals surface area contributed by atoms with Crippen LogP contribution in [0.25, 0.3) is 0 Å². The molecule has 0 unspecified atom stereocenters. The number of anilines is 1. The van der Waals surface area contributed by atoms with Crippen molar-refractivity contribution in [3.8, 4) is 5.88 Å². The summed E-state index contributed by atoms with van der Waals surface area (Å²) in [4.78, 5) is 24.6. The van der Waals surface area contributed by atoms with Gasteiger partial charge in [0.15, 0.2) is 0 Å². The van der Waals surface area contributed by atoms with Crippen LogP contribution in [0.5, 0.6) is 5.88 Å². The molecule has 3 heterocycles. The highest BCUT2D eigenvalue weighted by molar-refractivity contribution is 5.78. The van der Waals surface area contributed by atoms with E-state index in [2.05, 4.69) is 9.97 Å². The maximum Gasteiger partial charge on any atom is 0.228 e. The van der Waals surface area contributed by atoms with Crippen LogP contribution >= 0.6 is 0 Å². The van der Waals surface area contributed by atoms with E-state index >= 15 is 0 Å². The third-order valence-electron chi connectivity index (χ3n) is 4.09. The van der Waals surface area contributed by atoms with E-state index in [-0.39, 0.29) is 18.1 Å². The largest absolute Gasteiger partial charge is 0.478 e. The number of rotatable bonds is 5. The van der Waals surface area contributed by atoms with Gasteiger partial charge in [-0.15, -0.1) is 0 Å². The van der Waals surface area contributed by atoms with E-state index in [1.165, 1.54) is 12.3 Å². The maximum absolute atomic E-state index is 13.3. The molecule has 2 aromatic rings. The highest BCUT2D eigenvalue weighted by atomic mass is 19.1. The minimum Gasteiger partial charge on any atom is -0.478 e. The molecule has 2 aromatic heterocycles. The van der Waals surface area contributed by atoms with Crippen molar-refractivity contribution in [1.29, 1.82) is 0 Å². The lowest BCUT2D eigenvalue weighted by Crippen LogP contribution is -2.49. The van der Waals surface area contributed by atoms with Crippen molar-refractivity contribution in [1.82, 2.24) is 14.9 Å². The number of halogens is 1. The molecule has 132 valence electrons. The molecular weight excluding hydrogens is 323 g/mol. The second-order valence-corrected chi connectivity index (χ2v) is 5.81. The summed E-state index contributed by atoms with van der Waals surface area (Å²) >= 11 is 0. The van der Waals surface area contributed by atoms with Crippen LogP contribution in [0.3, 0.4) is 0 Å². The Kier molecular flexibility index (Phi) is 5.42. The predicted molar refractivity (Wildman–Crippen MR) is 92.1 cm³/mol. The molecule has 6 nitrogen and oxygen atoms in total. The molecular formula is C18H21FN4O2. The lowest BCUT2D eigenvalue weighted by Gasteiger charge is -2.36. The monoisotopic (exact) mass is 344 g/mol. The number of carbonyl (C=O) groups excluding carboxylic acids is 1. The Bertz CT molecular complexity index is 733. The van der Waals surface area contributed by atoms with Gasteiger partial charge in [-0.05, 0) is 13.0 Å². The quantitative estimate of drug-likeness (QED) is 0.829. The van der Waals surface area contributed by atoms with Crippen molar-refractivity contribution in [2.24, 2.45) is 0 Å². The Morgan fingerprint density at radius 3 is 2.76 bits per heavy atom. The van der Waals surface area contributed by atoms with Crippen LogP contribution in [-0.2, 0) is 11.2 Å². The molecule has 0 atom stereocenters. The Balaban J connectivity index is 1.55. The molecule has 1 fully saturated rings. The molecule has 1 amide bonds. The van der Waals surface area contributed by atoms with E-state index in [0.29, 0.717) is 44.4 Å². The third kappa shape index (κ3) is 4.43. The molecule has 7 heteroatoms. The van der Waals surface area contributed by atoms with Gasteiger partial charge in [0.05, 0.1) is 36.8 Å². The zero-order valence-corrected chi connectivity index (χ0v) is 14.2. The average Bonchev–Trinajstić information content (AvgIpc) is 2.62. The fourth-order valence-corrected chi connectivity index (χ4v) is 2.84. The van der Waals surface area contributed by atoms with Crippen LogP contribution in [-0.4, -0.2) is 53.6 Å². The highest BCUT2D eigenvalue weighted by Gasteiger charge is 2.22. The molecule has 3 rings (SSSR count). The summed E-state index contributed by atoms with van der Waals surface area (Å²) in [6.45, 7) is 4.95. The number of piperazine rings is 1. The first kappa shape index (κ1) is 17.1. The number of aromatic nitrogens is 2. The first-order chi connectivity index (χ1) is 12.2. The van der Waals surface area contributed by atoms with Crippen LogP contribution < -0.4 is 9.64 Å². The van der Waals surface area contributed by atoms with Crippen LogP contribution in [0.15, 0.2) is 36.7 Å². The van der Waals surface area contributed by atoms with Gasteiger partial charge in [0.1, 0.15) is 5.82 Å². The van der Waals surface area contributed by atoms with Gasteiger partial charge >= 0.3 is 0 Å². The number of hydrogen-bond donors (Lipinski definition) is 0.